The van der Waals surface area contributed by atoms with Gasteiger partial charge in [0, 0.05) is 24.2 Å². The molecule has 2 atom stereocenters. The molecular weight excluding hydrogens is 316 g/mol. The van der Waals surface area contributed by atoms with Gasteiger partial charge in [-0.1, -0.05) is 18.2 Å². The number of aromatic nitrogens is 1. The molecule has 0 radical (unpaired) electrons. The highest BCUT2D eigenvalue weighted by Gasteiger charge is 2.38. The molecule has 0 spiro atoms. The number of sulfonamides is 1. The largest absolute Gasteiger partial charge is 0.481 e. The van der Waals surface area contributed by atoms with E-state index in [0.717, 1.165) is 5.39 Å². The van der Waals surface area contributed by atoms with Crippen LogP contribution in [-0.4, -0.2) is 41.4 Å². The highest BCUT2D eigenvalue weighted by molar-refractivity contribution is 7.89. The number of nitrogens with zero attached hydrogens (tertiary/aromatic N) is 2. The topological polar surface area (TPSA) is 87.6 Å². The Hall–Kier alpha value is -1.99. The second-order valence-corrected chi connectivity index (χ2v) is 7.73. The zero-order valence-electron chi connectivity index (χ0n) is 12.7. The lowest BCUT2D eigenvalue weighted by molar-refractivity contribution is -0.143. The quantitative estimate of drug-likeness (QED) is 0.929. The number of pyridine rings is 1. The molecular formula is C16H18N2O4S. The number of hydrogen-bond acceptors (Lipinski definition) is 4. The number of carboxylic acid groups (broad SMARTS) is 1. The summed E-state index contributed by atoms with van der Waals surface area (Å²) in [7, 11) is -3.80. The molecule has 0 amide bonds. The Morgan fingerprint density at radius 3 is 2.74 bits per heavy atom. The van der Waals surface area contributed by atoms with Crippen molar-refractivity contribution >= 4 is 26.9 Å². The van der Waals surface area contributed by atoms with E-state index in [1.807, 2.05) is 6.92 Å². The zero-order valence-corrected chi connectivity index (χ0v) is 13.5. The number of para-hydroxylation sites is 1. The number of piperidine rings is 1. The van der Waals surface area contributed by atoms with Gasteiger partial charge in [-0.15, -0.1) is 0 Å². The normalized spacial score (nSPS) is 23.0. The molecule has 122 valence electrons. The summed E-state index contributed by atoms with van der Waals surface area (Å²) < 4.78 is 27.4. The van der Waals surface area contributed by atoms with E-state index in [0.29, 0.717) is 18.4 Å². The molecule has 2 unspecified atom stereocenters. The molecule has 1 N–H and O–H groups in total. The van der Waals surface area contributed by atoms with Crippen LogP contribution in [0.3, 0.4) is 0 Å². The van der Waals surface area contributed by atoms with Crippen molar-refractivity contribution in [3.05, 3.63) is 36.5 Å². The van der Waals surface area contributed by atoms with Crippen molar-refractivity contribution in [1.82, 2.24) is 9.29 Å². The van der Waals surface area contributed by atoms with Crippen LogP contribution < -0.4 is 0 Å². The second kappa shape index (κ2) is 5.90. The Morgan fingerprint density at radius 1 is 1.26 bits per heavy atom. The van der Waals surface area contributed by atoms with E-state index in [1.165, 1.54) is 10.4 Å². The molecule has 1 aliphatic rings. The molecule has 0 bridgehead atoms. The van der Waals surface area contributed by atoms with Crippen LogP contribution >= 0.6 is 0 Å². The first kappa shape index (κ1) is 15.9. The SMILES string of the molecule is CC1CCC(C(=O)O)CN1S(=O)(=O)c1cccc2cccnc12. The van der Waals surface area contributed by atoms with Crippen LogP contribution in [0.25, 0.3) is 10.9 Å². The smallest absolute Gasteiger partial charge is 0.307 e. The van der Waals surface area contributed by atoms with Gasteiger partial charge in [-0.3, -0.25) is 9.78 Å². The van der Waals surface area contributed by atoms with E-state index in [2.05, 4.69) is 4.98 Å². The number of hydrogen-bond donors (Lipinski definition) is 1. The van der Waals surface area contributed by atoms with Crippen molar-refractivity contribution in [2.75, 3.05) is 6.54 Å². The molecule has 0 aliphatic carbocycles. The van der Waals surface area contributed by atoms with Crippen LogP contribution in [0, 0.1) is 5.92 Å². The van der Waals surface area contributed by atoms with Gasteiger partial charge in [-0.05, 0) is 31.9 Å². The molecule has 1 aromatic carbocycles. The molecule has 2 aromatic rings. The zero-order chi connectivity index (χ0) is 16.6. The van der Waals surface area contributed by atoms with E-state index in [4.69, 9.17) is 0 Å². The van der Waals surface area contributed by atoms with E-state index in [9.17, 15) is 18.3 Å². The van der Waals surface area contributed by atoms with E-state index >= 15 is 0 Å². The van der Waals surface area contributed by atoms with Crippen LogP contribution in [0.2, 0.25) is 0 Å². The lowest BCUT2D eigenvalue weighted by atomic mass is 9.96. The predicted octanol–water partition coefficient (Wildman–Crippen LogP) is 2.11. The first-order valence-electron chi connectivity index (χ1n) is 7.49. The Morgan fingerprint density at radius 2 is 2.00 bits per heavy atom. The van der Waals surface area contributed by atoms with Crippen LogP contribution in [0.15, 0.2) is 41.4 Å². The molecule has 1 fully saturated rings. The summed E-state index contributed by atoms with van der Waals surface area (Å²) in [5.41, 5.74) is 0.416. The molecule has 23 heavy (non-hydrogen) atoms. The van der Waals surface area contributed by atoms with Crippen molar-refractivity contribution in [3.8, 4) is 0 Å². The highest BCUT2D eigenvalue weighted by Crippen LogP contribution is 2.30. The minimum Gasteiger partial charge on any atom is -0.481 e. The average Bonchev–Trinajstić information content (AvgIpc) is 2.54. The number of aliphatic carboxylic acids is 1. The van der Waals surface area contributed by atoms with Crippen LogP contribution in [0.5, 0.6) is 0 Å². The summed E-state index contributed by atoms with van der Waals surface area (Å²) >= 11 is 0. The highest BCUT2D eigenvalue weighted by atomic mass is 32.2. The average molecular weight is 334 g/mol. The lowest BCUT2D eigenvalue weighted by Gasteiger charge is -2.35. The van der Waals surface area contributed by atoms with Crippen molar-refractivity contribution in [1.29, 1.82) is 0 Å². The monoisotopic (exact) mass is 334 g/mol. The van der Waals surface area contributed by atoms with Gasteiger partial charge in [-0.25, -0.2) is 8.42 Å². The Bertz CT molecular complexity index is 845. The summed E-state index contributed by atoms with van der Waals surface area (Å²) in [6.07, 6.45) is 2.59. The van der Waals surface area contributed by atoms with Crippen LogP contribution in [0.1, 0.15) is 19.8 Å². The summed E-state index contributed by atoms with van der Waals surface area (Å²) in [6, 6.07) is 8.35. The van der Waals surface area contributed by atoms with Crippen molar-refractivity contribution in [3.63, 3.8) is 0 Å². The summed E-state index contributed by atoms with van der Waals surface area (Å²) in [5, 5.41) is 9.96. The summed E-state index contributed by atoms with van der Waals surface area (Å²) in [6.45, 7) is 1.82. The van der Waals surface area contributed by atoms with Gasteiger partial charge < -0.3 is 5.11 Å². The van der Waals surface area contributed by atoms with Crippen molar-refractivity contribution in [2.24, 2.45) is 5.92 Å². The van der Waals surface area contributed by atoms with Crippen molar-refractivity contribution in [2.45, 2.75) is 30.7 Å². The number of fused-ring (bicyclic) bond motifs is 1. The maximum absolute atomic E-state index is 13.1. The van der Waals surface area contributed by atoms with Crippen molar-refractivity contribution < 1.29 is 18.3 Å². The van der Waals surface area contributed by atoms with Crippen LogP contribution in [0.4, 0.5) is 0 Å². The fraction of sp³-hybridized carbons (Fsp3) is 0.375. The number of benzene rings is 1. The van der Waals surface area contributed by atoms with Gasteiger partial charge in [0.1, 0.15) is 4.90 Å². The molecule has 0 saturated carbocycles. The van der Waals surface area contributed by atoms with Gasteiger partial charge in [0.05, 0.1) is 11.4 Å². The molecule has 7 heteroatoms. The van der Waals surface area contributed by atoms with Crippen LogP contribution in [-0.2, 0) is 14.8 Å². The maximum Gasteiger partial charge on any atom is 0.307 e. The molecule has 6 nitrogen and oxygen atoms in total. The maximum atomic E-state index is 13.1. The van der Waals surface area contributed by atoms with E-state index in [1.54, 1.807) is 30.5 Å². The number of carboxylic acids is 1. The molecule has 2 heterocycles. The third kappa shape index (κ3) is 2.82. The van der Waals surface area contributed by atoms with Gasteiger partial charge in [-0.2, -0.15) is 4.31 Å². The predicted molar refractivity (Wildman–Crippen MR) is 85.5 cm³/mol. The number of rotatable bonds is 3. The van der Waals surface area contributed by atoms with Gasteiger partial charge in [0.2, 0.25) is 10.0 Å². The van der Waals surface area contributed by atoms with Gasteiger partial charge >= 0.3 is 5.97 Å². The molecule has 1 aliphatic heterocycles. The Balaban J connectivity index is 2.07. The minimum absolute atomic E-state index is 0.00204. The van der Waals surface area contributed by atoms with E-state index < -0.39 is 21.9 Å². The fourth-order valence-electron chi connectivity index (χ4n) is 3.02. The summed E-state index contributed by atoms with van der Waals surface area (Å²) in [4.78, 5) is 15.6. The third-order valence-electron chi connectivity index (χ3n) is 4.36. The Labute approximate surface area is 134 Å². The first-order valence-corrected chi connectivity index (χ1v) is 8.93. The third-order valence-corrected chi connectivity index (χ3v) is 6.37. The summed E-state index contributed by atoms with van der Waals surface area (Å²) in [5.74, 6) is -1.61. The van der Waals surface area contributed by atoms with E-state index in [-0.39, 0.29) is 17.5 Å². The Kier molecular flexibility index (Phi) is 4.08. The standard InChI is InChI=1S/C16H18N2O4S/c1-11-7-8-13(16(19)20)10-18(11)23(21,22)14-6-2-4-12-5-3-9-17-15(12)14/h2-6,9,11,13H,7-8,10H2,1H3,(H,19,20). The fourth-order valence-corrected chi connectivity index (χ4v) is 4.90. The minimum atomic E-state index is -3.80. The first-order chi connectivity index (χ1) is 10.9. The van der Waals surface area contributed by atoms with Gasteiger partial charge in [0.15, 0.2) is 0 Å². The lowest BCUT2D eigenvalue weighted by Crippen LogP contribution is -2.47. The molecule has 1 aromatic heterocycles. The second-order valence-electron chi connectivity index (χ2n) is 5.87. The number of carbonyl (C=O) groups is 1. The molecule has 1 saturated heterocycles. The van der Waals surface area contributed by atoms with Gasteiger partial charge in [0.25, 0.3) is 0 Å². The molecule has 3 rings (SSSR count).